The molecule has 1 N–H and O–H groups in total. The van der Waals surface area contributed by atoms with Gasteiger partial charge in [0.2, 0.25) is 0 Å². The minimum atomic E-state index is -0.263. The van der Waals surface area contributed by atoms with Crippen LogP contribution in [0.1, 0.15) is 70.2 Å². The van der Waals surface area contributed by atoms with Crippen molar-refractivity contribution in [3.8, 4) is 0 Å². The molecule has 0 saturated heterocycles. The molecule has 0 radical (unpaired) electrons. The Morgan fingerprint density at radius 1 is 1.33 bits per heavy atom. The lowest BCUT2D eigenvalue weighted by Crippen LogP contribution is -2.26. The van der Waals surface area contributed by atoms with E-state index in [1.54, 1.807) is 0 Å². The van der Waals surface area contributed by atoms with Crippen molar-refractivity contribution >= 4 is 0 Å². The monoisotopic (exact) mass is 249 g/mol. The summed E-state index contributed by atoms with van der Waals surface area (Å²) in [5.41, 5.74) is 2.77. The van der Waals surface area contributed by atoms with Crippen LogP contribution in [0.2, 0.25) is 0 Å². The third-order valence-corrected chi connectivity index (χ3v) is 4.12. The van der Waals surface area contributed by atoms with Crippen molar-refractivity contribution in [3.63, 3.8) is 0 Å². The van der Waals surface area contributed by atoms with E-state index in [1.165, 1.54) is 36.9 Å². The fraction of sp³-hybridized carbons (Fsp3) is 0.750. The molecule has 1 aliphatic rings. The molecule has 1 atom stereocenters. The smallest absolute Gasteiger partial charge is 0.0812 e. The summed E-state index contributed by atoms with van der Waals surface area (Å²) in [6, 6.07) is 2.12. The Hall–Kier alpha value is -0.760. The largest absolute Gasteiger partial charge is 0.388 e. The minimum Gasteiger partial charge on any atom is -0.388 e. The SMILES string of the molecule is CCCCCCn1ccc2c1CC(C)(C)CC2O. The number of fused-ring (bicyclic) bond motifs is 1. The first kappa shape index (κ1) is 13.7. The first-order chi connectivity index (χ1) is 8.53. The Kier molecular flexibility index (Phi) is 4.16. The van der Waals surface area contributed by atoms with Gasteiger partial charge in [-0.3, -0.25) is 0 Å². The van der Waals surface area contributed by atoms with Crippen molar-refractivity contribution in [3.05, 3.63) is 23.5 Å². The van der Waals surface area contributed by atoms with Crippen LogP contribution in [0.25, 0.3) is 0 Å². The highest BCUT2D eigenvalue weighted by molar-refractivity contribution is 5.29. The van der Waals surface area contributed by atoms with Crippen LogP contribution >= 0.6 is 0 Å². The van der Waals surface area contributed by atoms with E-state index >= 15 is 0 Å². The standard InChI is InChI=1S/C16H27NO/c1-4-5-6-7-9-17-10-8-13-14(17)11-16(2,3)12-15(13)18/h8,10,15,18H,4-7,9,11-12H2,1-3H3. The van der Waals surface area contributed by atoms with Gasteiger partial charge in [0.05, 0.1) is 6.10 Å². The van der Waals surface area contributed by atoms with Gasteiger partial charge in [0.25, 0.3) is 0 Å². The molecule has 1 aromatic heterocycles. The summed E-state index contributed by atoms with van der Waals surface area (Å²) >= 11 is 0. The first-order valence-corrected chi connectivity index (χ1v) is 7.39. The van der Waals surface area contributed by atoms with E-state index in [4.69, 9.17) is 0 Å². The number of unbranched alkanes of at least 4 members (excludes halogenated alkanes) is 3. The van der Waals surface area contributed by atoms with E-state index in [0.717, 1.165) is 19.4 Å². The maximum Gasteiger partial charge on any atom is 0.0812 e. The number of nitrogens with zero attached hydrogens (tertiary/aromatic N) is 1. The van der Waals surface area contributed by atoms with Gasteiger partial charge in [-0.2, -0.15) is 0 Å². The fourth-order valence-corrected chi connectivity index (χ4v) is 3.11. The zero-order valence-electron chi connectivity index (χ0n) is 12.1. The quantitative estimate of drug-likeness (QED) is 0.782. The Labute approximate surface area is 111 Å². The van der Waals surface area contributed by atoms with Crippen LogP contribution < -0.4 is 0 Å². The Morgan fingerprint density at radius 2 is 2.11 bits per heavy atom. The van der Waals surface area contributed by atoms with Crippen molar-refractivity contribution in [2.75, 3.05) is 0 Å². The number of aromatic nitrogens is 1. The van der Waals surface area contributed by atoms with Crippen molar-refractivity contribution in [2.45, 2.75) is 71.9 Å². The third-order valence-electron chi connectivity index (χ3n) is 4.12. The normalized spacial score (nSPS) is 21.9. The molecule has 1 aliphatic carbocycles. The van der Waals surface area contributed by atoms with Crippen LogP contribution in [0.4, 0.5) is 0 Å². The molecule has 0 amide bonds. The third kappa shape index (κ3) is 2.97. The van der Waals surface area contributed by atoms with Gasteiger partial charge in [-0.05, 0) is 30.7 Å². The molecule has 1 unspecified atom stereocenters. The zero-order chi connectivity index (χ0) is 13.2. The number of rotatable bonds is 5. The number of hydrogen-bond acceptors (Lipinski definition) is 1. The number of aryl methyl sites for hydroxylation is 1. The summed E-state index contributed by atoms with van der Waals surface area (Å²) in [7, 11) is 0. The van der Waals surface area contributed by atoms with Crippen molar-refractivity contribution in [2.24, 2.45) is 5.41 Å². The van der Waals surface area contributed by atoms with Crippen LogP contribution in [0.15, 0.2) is 12.3 Å². The average Bonchev–Trinajstić information content (AvgIpc) is 2.66. The molecule has 0 saturated carbocycles. The van der Waals surface area contributed by atoms with E-state index in [1.807, 2.05) is 0 Å². The Bertz CT molecular complexity index is 392. The summed E-state index contributed by atoms with van der Waals surface area (Å²) in [6.07, 6.45) is 9.08. The summed E-state index contributed by atoms with van der Waals surface area (Å²) in [6.45, 7) is 7.87. The summed E-state index contributed by atoms with van der Waals surface area (Å²) < 4.78 is 2.37. The maximum absolute atomic E-state index is 10.2. The van der Waals surface area contributed by atoms with Crippen LogP contribution in [-0.4, -0.2) is 9.67 Å². The number of aliphatic hydroxyl groups excluding tert-OH is 1. The highest BCUT2D eigenvalue weighted by Gasteiger charge is 2.32. The summed E-state index contributed by atoms with van der Waals surface area (Å²) in [5, 5.41) is 10.2. The van der Waals surface area contributed by atoms with E-state index in [9.17, 15) is 5.11 Å². The van der Waals surface area contributed by atoms with E-state index in [-0.39, 0.29) is 11.5 Å². The molecule has 2 rings (SSSR count). The van der Waals surface area contributed by atoms with Gasteiger partial charge in [-0.15, -0.1) is 0 Å². The highest BCUT2D eigenvalue weighted by atomic mass is 16.3. The second-order valence-corrected chi connectivity index (χ2v) is 6.53. The molecular weight excluding hydrogens is 222 g/mol. The molecule has 0 aliphatic heterocycles. The van der Waals surface area contributed by atoms with E-state index in [0.29, 0.717) is 0 Å². The zero-order valence-corrected chi connectivity index (χ0v) is 12.1. The van der Waals surface area contributed by atoms with Gasteiger partial charge < -0.3 is 9.67 Å². The molecular formula is C16H27NO. The molecule has 0 fully saturated rings. The molecule has 18 heavy (non-hydrogen) atoms. The Balaban J connectivity index is 2.06. The molecule has 102 valence electrons. The molecule has 2 nitrogen and oxygen atoms in total. The topological polar surface area (TPSA) is 25.2 Å². The molecule has 1 aromatic rings. The lowest BCUT2D eigenvalue weighted by atomic mass is 9.75. The molecule has 0 spiro atoms. The lowest BCUT2D eigenvalue weighted by molar-refractivity contribution is 0.0979. The lowest BCUT2D eigenvalue weighted by Gasteiger charge is -2.34. The van der Waals surface area contributed by atoms with Gasteiger partial charge in [-0.25, -0.2) is 0 Å². The predicted molar refractivity (Wildman–Crippen MR) is 75.6 cm³/mol. The molecule has 0 bridgehead atoms. The van der Waals surface area contributed by atoms with Crippen LogP contribution in [0.3, 0.4) is 0 Å². The van der Waals surface area contributed by atoms with Crippen LogP contribution in [0.5, 0.6) is 0 Å². The van der Waals surface area contributed by atoms with Crippen LogP contribution in [0, 0.1) is 5.41 Å². The molecule has 0 aromatic carbocycles. The highest BCUT2D eigenvalue weighted by Crippen LogP contribution is 2.41. The fourth-order valence-electron chi connectivity index (χ4n) is 3.11. The summed E-state index contributed by atoms with van der Waals surface area (Å²) in [5.74, 6) is 0. The average molecular weight is 249 g/mol. The van der Waals surface area contributed by atoms with Gasteiger partial charge >= 0.3 is 0 Å². The van der Waals surface area contributed by atoms with Gasteiger partial charge in [0.1, 0.15) is 0 Å². The maximum atomic E-state index is 10.2. The van der Waals surface area contributed by atoms with Gasteiger partial charge in [-0.1, -0.05) is 40.0 Å². The second-order valence-electron chi connectivity index (χ2n) is 6.53. The number of aliphatic hydroxyl groups is 1. The van der Waals surface area contributed by atoms with Crippen molar-refractivity contribution in [1.82, 2.24) is 4.57 Å². The first-order valence-electron chi connectivity index (χ1n) is 7.39. The van der Waals surface area contributed by atoms with Crippen LogP contribution in [-0.2, 0) is 13.0 Å². The van der Waals surface area contributed by atoms with E-state index in [2.05, 4.69) is 37.6 Å². The van der Waals surface area contributed by atoms with E-state index < -0.39 is 0 Å². The summed E-state index contributed by atoms with van der Waals surface area (Å²) in [4.78, 5) is 0. The van der Waals surface area contributed by atoms with Gasteiger partial charge in [0, 0.05) is 24.0 Å². The predicted octanol–water partition coefficient (Wildman–Crippen LogP) is 4.07. The van der Waals surface area contributed by atoms with Crippen molar-refractivity contribution < 1.29 is 5.11 Å². The number of hydrogen-bond donors (Lipinski definition) is 1. The Morgan fingerprint density at radius 3 is 2.83 bits per heavy atom. The molecule has 2 heteroatoms. The van der Waals surface area contributed by atoms with Gasteiger partial charge in [0.15, 0.2) is 0 Å². The second kappa shape index (κ2) is 5.48. The molecule has 1 heterocycles. The minimum absolute atomic E-state index is 0.228. The van der Waals surface area contributed by atoms with Crippen molar-refractivity contribution in [1.29, 1.82) is 0 Å².